The topological polar surface area (TPSA) is 72.2 Å². The summed E-state index contributed by atoms with van der Waals surface area (Å²) < 4.78 is 27.4. The molecule has 0 fully saturated rings. The van der Waals surface area contributed by atoms with Gasteiger partial charge in [-0.3, -0.25) is 0 Å². The second-order valence-corrected chi connectivity index (χ2v) is 9.36. The Morgan fingerprint density at radius 1 is 1.26 bits per heavy atom. The van der Waals surface area contributed by atoms with Crippen molar-refractivity contribution in [2.75, 3.05) is 0 Å². The molecular weight excluding hydrogens is 280 g/mol. The smallest absolute Gasteiger partial charge is 0.241 e. The molecule has 0 spiro atoms. The van der Waals surface area contributed by atoms with Crippen molar-refractivity contribution in [2.24, 2.45) is 11.1 Å². The summed E-state index contributed by atoms with van der Waals surface area (Å²) in [5, 5.41) is 1.64. The molecule has 0 aromatic carbocycles. The van der Waals surface area contributed by atoms with Crippen LogP contribution >= 0.6 is 11.3 Å². The highest BCUT2D eigenvalue weighted by Gasteiger charge is 2.30. The third-order valence-electron chi connectivity index (χ3n) is 2.52. The lowest BCUT2D eigenvalue weighted by molar-refractivity contribution is 0.269. The predicted octanol–water partition coefficient (Wildman–Crippen LogP) is 2.70. The Labute approximate surface area is 120 Å². The summed E-state index contributed by atoms with van der Waals surface area (Å²) in [6, 6.07) is 1.64. The van der Waals surface area contributed by atoms with E-state index >= 15 is 0 Å². The van der Waals surface area contributed by atoms with E-state index in [1.165, 1.54) is 11.3 Å². The van der Waals surface area contributed by atoms with E-state index in [9.17, 15) is 8.42 Å². The fourth-order valence-electron chi connectivity index (χ4n) is 2.39. The van der Waals surface area contributed by atoms with Crippen molar-refractivity contribution in [1.29, 1.82) is 0 Å². The SMILES string of the molecule is CC(C)(C)CC(C)(C)NS(=O)(=O)c1csc(CN)c1. The third kappa shape index (κ3) is 5.22. The van der Waals surface area contributed by atoms with Gasteiger partial charge >= 0.3 is 0 Å². The predicted molar refractivity (Wildman–Crippen MR) is 80.7 cm³/mol. The summed E-state index contributed by atoms with van der Waals surface area (Å²) >= 11 is 1.37. The average molecular weight is 304 g/mol. The minimum atomic E-state index is -3.47. The van der Waals surface area contributed by atoms with Crippen molar-refractivity contribution in [1.82, 2.24) is 4.72 Å². The Morgan fingerprint density at radius 2 is 1.84 bits per heavy atom. The molecule has 0 saturated heterocycles. The second-order valence-electron chi connectivity index (χ2n) is 6.68. The Balaban J connectivity index is 2.90. The molecule has 6 heteroatoms. The van der Waals surface area contributed by atoms with Crippen LogP contribution in [-0.2, 0) is 16.6 Å². The summed E-state index contributed by atoms with van der Waals surface area (Å²) in [6.07, 6.45) is 0.757. The van der Waals surface area contributed by atoms with Crippen LogP contribution in [0.4, 0.5) is 0 Å². The van der Waals surface area contributed by atoms with Crippen LogP contribution in [0.25, 0.3) is 0 Å². The van der Waals surface area contributed by atoms with Gasteiger partial charge in [0.2, 0.25) is 10.0 Å². The fourth-order valence-corrected chi connectivity index (χ4v) is 4.96. The summed E-state index contributed by atoms with van der Waals surface area (Å²) in [4.78, 5) is 1.17. The van der Waals surface area contributed by atoms with Crippen LogP contribution in [0.2, 0.25) is 0 Å². The Bertz CT molecular complexity index is 525. The maximum absolute atomic E-state index is 12.3. The van der Waals surface area contributed by atoms with E-state index in [0.29, 0.717) is 11.4 Å². The van der Waals surface area contributed by atoms with E-state index in [1.807, 2.05) is 13.8 Å². The average Bonchev–Trinajstić information content (AvgIpc) is 2.59. The molecule has 3 N–H and O–H groups in total. The molecule has 0 bridgehead atoms. The first-order valence-corrected chi connectivity index (χ1v) is 8.63. The van der Waals surface area contributed by atoms with E-state index in [0.717, 1.165) is 11.3 Å². The summed E-state index contributed by atoms with van der Waals surface area (Å²) in [5.74, 6) is 0. The second kappa shape index (κ2) is 5.52. The zero-order valence-electron chi connectivity index (χ0n) is 12.3. The Morgan fingerprint density at radius 3 is 2.26 bits per heavy atom. The number of hydrogen-bond donors (Lipinski definition) is 2. The van der Waals surface area contributed by atoms with Gasteiger partial charge in [-0.05, 0) is 31.7 Å². The van der Waals surface area contributed by atoms with Gasteiger partial charge in [0.15, 0.2) is 0 Å². The van der Waals surface area contributed by atoms with Crippen molar-refractivity contribution < 1.29 is 8.42 Å². The van der Waals surface area contributed by atoms with Crippen LogP contribution in [0.15, 0.2) is 16.3 Å². The van der Waals surface area contributed by atoms with Crippen LogP contribution in [0.1, 0.15) is 45.9 Å². The number of hydrogen-bond acceptors (Lipinski definition) is 4. The first-order chi connectivity index (χ1) is 8.45. The van der Waals surface area contributed by atoms with Crippen molar-refractivity contribution in [2.45, 2.75) is 58.0 Å². The van der Waals surface area contributed by atoms with Crippen molar-refractivity contribution in [3.05, 3.63) is 16.3 Å². The van der Waals surface area contributed by atoms with Gasteiger partial charge in [0.05, 0.1) is 4.90 Å². The number of sulfonamides is 1. The fraction of sp³-hybridized carbons (Fsp3) is 0.692. The van der Waals surface area contributed by atoms with Gasteiger partial charge in [-0.15, -0.1) is 11.3 Å². The van der Waals surface area contributed by atoms with Crippen molar-refractivity contribution in [3.8, 4) is 0 Å². The van der Waals surface area contributed by atoms with Gasteiger partial charge in [0.25, 0.3) is 0 Å². The number of rotatable bonds is 5. The first kappa shape index (κ1) is 16.6. The molecule has 1 rings (SSSR count). The molecule has 0 amide bonds. The number of thiophene rings is 1. The van der Waals surface area contributed by atoms with Crippen LogP contribution in [0, 0.1) is 5.41 Å². The molecule has 0 saturated carbocycles. The van der Waals surface area contributed by atoms with Crippen LogP contribution in [0.3, 0.4) is 0 Å². The lowest BCUT2D eigenvalue weighted by atomic mass is 9.82. The molecule has 19 heavy (non-hydrogen) atoms. The highest BCUT2D eigenvalue weighted by atomic mass is 32.2. The van der Waals surface area contributed by atoms with E-state index in [1.54, 1.807) is 11.4 Å². The van der Waals surface area contributed by atoms with E-state index in [2.05, 4.69) is 25.5 Å². The van der Waals surface area contributed by atoms with Crippen molar-refractivity contribution >= 4 is 21.4 Å². The molecular formula is C13H24N2O2S2. The van der Waals surface area contributed by atoms with Crippen LogP contribution in [0.5, 0.6) is 0 Å². The standard InChI is InChI=1S/C13H24N2O2S2/c1-12(2,3)9-13(4,5)15-19(16,17)11-6-10(7-14)18-8-11/h6,8,15H,7,9,14H2,1-5H3. The van der Waals surface area contributed by atoms with Gasteiger partial charge in [-0.1, -0.05) is 20.8 Å². The molecule has 4 nitrogen and oxygen atoms in total. The lowest BCUT2D eigenvalue weighted by Gasteiger charge is -2.32. The molecule has 1 aromatic rings. The van der Waals surface area contributed by atoms with Gasteiger partial charge in [0.1, 0.15) is 0 Å². The normalized spacial score (nSPS) is 13.8. The zero-order chi connectivity index (χ0) is 14.9. The van der Waals surface area contributed by atoms with E-state index < -0.39 is 15.6 Å². The van der Waals surface area contributed by atoms with E-state index in [-0.39, 0.29) is 5.41 Å². The van der Waals surface area contributed by atoms with Crippen molar-refractivity contribution in [3.63, 3.8) is 0 Å². The monoisotopic (exact) mass is 304 g/mol. The quantitative estimate of drug-likeness (QED) is 0.878. The number of nitrogens with two attached hydrogens (primary N) is 1. The summed E-state index contributed by atoms with van der Waals surface area (Å²) in [7, 11) is -3.47. The molecule has 1 aromatic heterocycles. The molecule has 0 aliphatic heterocycles. The van der Waals surface area contributed by atoms with Gasteiger partial charge in [-0.25, -0.2) is 13.1 Å². The highest BCUT2D eigenvalue weighted by molar-refractivity contribution is 7.89. The summed E-state index contributed by atoms with van der Waals surface area (Å²) in [6.45, 7) is 10.5. The van der Waals surface area contributed by atoms with Crippen LogP contribution in [-0.4, -0.2) is 14.0 Å². The third-order valence-corrected chi connectivity index (χ3v) is 5.31. The molecule has 0 unspecified atom stereocenters. The minimum absolute atomic E-state index is 0.0586. The molecule has 1 heterocycles. The maximum Gasteiger partial charge on any atom is 0.241 e. The van der Waals surface area contributed by atoms with Gasteiger partial charge in [0, 0.05) is 22.3 Å². The van der Waals surface area contributed by atoms with E-state index in [4.69, 9.17) is 5.73 Å². The maximum atomic E-state index is 12.3. The molecule has 0 aliphatic carbocycles. The molecule has 0 atom stereocenters. The van der Waals surface area contributed by atoms with Gasteiger partial charge in [-0.2, -0.15) is 0 Å². The molecule has 0 aliphatic rings. The lowest BCUT2D eigenvalue weighted by Crippen LogP contribution is -2.45. The molecule has 110 valence electrons. The van der Waals surface area contributed by atoms with Gasteiger partial charge < -0.3 is 5.73 Å². The first-order valence-electron chi connectivity index (χ1n) is 6.27. The Kier molecular flexibility index (Phi) is 4.83. The minimum Gasteiger partial charge on any atom is -0.326 e. The largest absolute Gasteiger partial charge is 0.326 e. The molecule has 0 radical (unpaired) electrons. The highest BCUT2D eigenvalue weighted by Crippen LogP contribution is 2.28. The number of nitrogens with one attached hydrogen (secondary N) is 1. The summed E-state index contributed by atoms with van der Waals surface area (Å²) in [5.41, 5.74) is 5.09. The zero-order valence-corrected chi connectivity index (χ0v) is 13.9. The Hall–Kier alpha value is -0.430. The van der Waals surface area contributed by atoms with Crippen LogP contribution < -0.4 is 10.5 Å².